The van der Waals surface area contributed by atoms with E-state index in [1.165, 1.54) is 0 Å². The molecule has 3 aliphatic rings. The number of allylic oxidation sites excluding steroid dienone is 2. The SMILES string of the molecule is N#CC1=CC2C(C=C1)OC1(CCS(=O)(=O)CC1)[C@@H](O)[C@@H]2Oc1noc2cc(Cl)ccc12. The van der Waals surface area contributed by atoms with Crippen LogP contribution in [-0.4, -0.2) is 54.1 Å². The molecule has 1 aromatic heterocycles. The number of hydrogen-bond donors (Lipinski definition) is 1. The highest BCUT2D eigenvalue weighted by Crippen LogP contribution is 2.44. The average Bonchev–Trinajstić information content (AvgIpc) is 3.15. The fourth-order valence-electron chi connectivity index (χ4n) is 4.55. The number of aliphatic hydroxyl groups excluding tert-OH is 1. The van der Waals surface area contributed by atoms with Gasteiger partial charge in [-0.15, -0.1) is 0 Å². The molecule has 0 bridgehead atoms. The Morgan fingerprint density at radius 1 is 1.32 bits per heavy atom. The van der Waals surface area contributed by atoms with E-state index in [0.717, 1.165) is 0 Å². The molecule has 2 aliphatic heterocycles. The Balaban J connectivity index is 1.53. The van der Waals surface area contributed by atoms with Crippen LogP contribution in [0, 0.1) is 17.2 Å². The van der Waals surface area contributed by atoms with Crippen molar-refractivity contribution in [1.29, 1.82) is 5.26 Å². The molecule has 2 unspecified atom stereocenters. The van der Waals surface area contributed by atoms with Crippen LogP contribution in [0.15, 0.2) is 46.5 Å². The molecule has 0 radical (unpaired) electrons. The first kappa shape index (κ1) is 20.5. The molecule has 3 heterocycles. The van der Waals surface area contributed by atoms with Crippen molar-refractivity contribution in [1.82, 2.24) is 5.16 Å². The first-order valence-electron chi connectivity index (χ1n) is 9.88. The lowest BCUT2D eigenvalue weighted by Crippen LogP contribution is -2.65. The minimum atomic E-state index is -3.17. The summed E-state index contributed by atoms with van der Waals surface area (Å²) < 4.78 is 41.8. The number of aromatic nitrogens is 1. The quantitative estimate of drug-likeness (QED) is 0.722. The molecule has 0 amide bonds. The van der Waals surface area contributed by atoms with Gasteiger partial charge in [0, 0.05) is 22.6 Å². The van der Waals surface area contributed by atoms with E-state index in [1.807, 2.05) is 0 Å². The summed E-state index contributed by atoms with van der Waals surface area (Å²) in [5, 5.41) is 25.8. The van der Waals surface area contributed by atoms with Crippen molar-refractivity contribution >= 4 is 32.4 Å². The van der Waals surface area contributed by atoms with Crippen molar-refractivity contribution in [2.24, 2.45) is 5.92 Å². The predicted molar refractivity (Wildman–Crippen MR) is 111 cm³/mol. The highest BCUT2D eigenvalue weighted by atomic mass is 35.5. The van der Waals surface area contributed by atoms with Gasteiger partial charge < -0.3 is 19.1 Å². The Labute approximate surface area is 183 Å². The Morgan fingerprint density at radius 2 is 2.10 bits per heavy atom. The van der Waals surface area contributed by atoms with Crippen molar-refractivity contribution in [3.63, 3.8) is 0 Å². The minimum Gasteiger partial charge on any atom is -0.468 e. The van der Waals surface area contributed by atoms with E-state index < -0.39 is 39.7 Å². The number of benzene rings is 1. The molecule has 162 valence electrons. The Bertz CT molecular complexity index is 1230. The first-order valence-corrected chi connectivity index (χ1v) is 12.1. The highest BCUT2D eigenvalue weighted by Gasteiger charge is 2.56. The van der Waals surface area contributed by atoms with E-state index in [4.69, 9.17) is 25.6 Å². The number of ether oxygens (including phenoxy) is 2. The topological polar surface area (TPSA) is 123 Å². The lowest BCUT2D eigenvalue weighted by Gasteiger charge is -2.52. The summed E-state index contributed by atoms with van der Waals surface area (Å²) in [5.74, 6) is -0.403. The molecule has 1 spiro atoms. The van der Waals surface area contributed by atoms with E-state index >= 15 is 0 Å². The third-order valence-corrected chi connectivity index (χ3v) is 8.15. The normalized spacial score (nSPS) is 31.1. The molecule has 1 aromatic carbocycles. The molecule has 2 aromatic rings. The number of nitrogens with zero attached hydrogens (tertiary/aromatic N) is 2. The third-order valence-electron chi connectivity index (χ3n) is 6.27. The Kier molecular flexibility index (Phi) is 4.86. The number of rotatable bonds is 2. The van der Waals surface area contributed by atoms with Crippen molar-refractivity contribution < 1.29 is 27.5 Å². The molecule has 2 fully saturated rings. The highest BCUT2D eigenvalue weighted by molar-refractivity contribution is 7.91. The fraction of sp³-hybridized carbons (Fsp3) is 0.429. The van der Waals surface area contributed by atoms with Gasteiger partial charge in [-0.25, -0.2) is 8.42 Å². The number of nitriles is 1. The van der Waals surface area contributed by atoms with E-state index in [-0.39, 0.29) is 30.2 Å². The molecule has 0 saturated carbocycles. The maximum atomic E-state index is 12.0. The van der Waals surface area contributed by atoms with Crippen molar-refractivity contribution in [3.8, 4) is 11.9 Å². The van der Waals surface area contributed by atoms with Crippen LogP contribution in [-0.2, 0) is 14.6 Å². The monoisotopic (exact) mass is 462 g/mol. The molecule has 5 rings (SSSR count). The van der Waals surface area contributed by atoms with Crippen molar-refractivity contribution in [2.75, 3.05) is 11.5 Å². The maximum Gasteiger partial charge on any atom is 0.262 e. The zero-order valence-corrected chi connectivity index (χ0v) is 17.8. The van der Waals surface area contributed by atoms with Crippen LogP contribution in [0.25, 0.3) is 11.0 Å². The van der Waals surface area contributed by atoms with Gasteiger partial charge >= 0.3 is 0 Å². The van der Waals surface area contributed by atoms with Gasteiger partial charge in [0.1, 0.15) is 17.8 Å². The number of sulfone groups is 1. The third kappa shape index (κ3) is 3.53. The summed E-state index contributed by atoms with van der Waals surface area (Å²) in [6, 6.07) is 7.12. The van der Waals surface area contributed by atoms with Gasteiger partial charge in [0.05, 0.1) is 29.1 Å². The van der Waals surface area contributed by atoms with Gasteiger partial charge in [-0.05, 0) is 36.2 Å². The molecule has 31 heavy (non-hydrogen) atoms. The zero-order chi connectivity index (χ0) is 21.8. The van der Waals surface area contributed by atoms with Gasteiger partial charge in [0.15, 0.2) is 15.4 Å². The zero-order valence-electron chi connectivity index (χ0n) is 16.3. The standard InChI is InChI=1S/C21H19ClN2O6S/c22-13-2-3-14-17(10-13)30-24-20(14)28-18-15-9-12(11-23)1-4-16(15)29-21(19(18)25)5-7-31(26,27)8-6-21/h1-4,9-10,15-16,18-19,25H,5-8H2/t15?,16?,18-,19+/m1/s1. The lowest BCUT2D eigenvalue weighted by molar-refractivity contribution is -0.231. The molecule has 8 nitrogen and oxygen atoms in total. The molecule has 2 saturated heterocycles. The molecule has 4 atom stereocenters. The summed E-state index contributed by atoms with van der Waals surface area (Å²) in [6.07, 6.45) is 3.04. The van der Waals surface area contributed by atoms with Crippen LogP contribution in [0.4, 0.5) is 0 Å². The van der Waals surface area contributed by atoms with Crippen molar-refractivity contribution in [3.05, 3.63) is 47.0 Å². The van der Waals surface area contributed by atoms with E-state index in [2.05, 4.69) is 11.2 Å². The largest absolute Gasteiger partial charge is 0.468 e. The van der Waals surface area contributed by atoms with Gasteiger partial charge in [-0.3, -0.25) is 0 Å². The summed E-state index contributed by atoms with van der Waals surface area (Å²) >= 11 is 6.01. The van der Waals surface area contributed by atoms with Gasteiger partial charge in [0.2, 0.25) is 0 Å². The van der Waals surface area contributed by atoms with Crippen LogP contribution < -0.4 is 4.74 Å². The van der Waals surface area contributed by atoms with Gasteiger partial charge in [-0.2, -0.15) is 5.26 Å². The molecule has 10 heteroatoms. The van der Waals surface area contributed by atoms with E-state index in [0.29, 0.717) is 21.6 Å². The number of aliphatic hydroxyl groups is 1. The van der Waals surface area contributed by atoms with Crippen LogP contribution in [0.3, 0.4) is 0 Å². The Morgan fingerprint density at radius 3 is 2.84 bits per heavy atom. The fourth-order valence-corrected chi connectivity index (χ4v) is 6.23. The second-order valence-electron chi connectivity index (χ2n) is 8.12. The van der Waals surface area contributed by atoms with Crippen LogP contribution >= 0.6 is 11.6 Å². The Hall–Kier alpha value is -2.38. The van der Waals surface area contributed by atoms with Gasteiger partial charge in [-0.1, -0.05) is 23.8 Å². The minimum absolute atomic E-state index is 0.0669. The summed E-state index contributed by atoms with van der Waals surface area (Å²) in [6.45, 7) is 0. The number of fused-ring (bicyclic) bond motifs is 2. The van der Waals surface area contributed by atoms with E-state index in [1.54, 1.807) is 36.4 Å². The first-order chi connectivity index (χ1) is 14.8. The second kappa shape index (κ2) is 7.35. The summed E-state index contributed by atoms with van der Waals surface area (Å²) in [4.78, 5) is 0. The predicted octanol–water partition coefficient (Wildman–Crippen LogP) is 2.57. The number of halogens is 1. The number of hydrogen-bond acceptors (Lipinski definition) is 8. The van der Waals surface area contributed by atoms with E-state index in [9.17, 15) is 18.8 Å². The molecule has 1 aliphatic carbocycles. The van der Waals surface area contributed by atoms with Crippen LogP contribution in [0.5, 0.6) is 5.88 Å². The average molecular weight is 463 g/mol. The summed E-state index contributed by atoms with van der Waals surface area (Å²) in [5.41, 5.74) is -0.192. The van der Waals surface area contributed by atoms with Crippen molar-refractivity contribution in [2.45, 2.75) is 36.8 Å². The second-order valence-corrected chi connectivity index (χ2v) is 10.9. The molecular weight excluding hydrogens is 444 g/mol. The smallest absolute Gasteiger partial charge is 0.262 e. The lowest BCUT2D eigenvalue weighted by atomic mass is 9.75. The maximum absolute atomic E-state index is 12.0. The summed E-state index contributed by atoms with van der Waals surface area (Å²) in [7, 11) is -3.17. The molecule has 1 N–H and O–H groups in total. The van der Waals surface area contributed by atoms with Crippen LogP contribution in [0.1, 0.15) is 12.8 Å². The van der Waals surface area contributed by atoms with Gasteiger partial charge in [0.25, 0.3) is 5.88 Å². The van der Waals surface area contributed by atoms with Crippen LogP contribution in [0.2, 0.25) is 5.02 Å². The molecular formula is C21H19ClN2O6S.